The summed E-state index contributed by atoms with van der Waals surface area (Å²) in [6.07, 6.45) is 2.94. The fraction of sp³-hybridized carbons (Fsp3) is 0.167. The zero-order valence-electron chi connectivity index (χ0n) is 17.3. The number of rotatable bonds is 6. The normalized spacial score (nSPS) is 15.7. The number of amides is 3. The Labute approximate surface area is 184 Å². The van der Waals surface area contributed by atoms with Crippen molar-refractivity contribution in [3.05, 3.63) is 90.0 Å². The molecule has 1 saturated heterocycles. The molecule has 0 radical (unpaired) electrons. The molecule has 3 amide bonds. The summed E-state index contributed by atoms with van der Waals surface area (Å²) in [5.74, 6) is -1.78. The van der Waals surface area contributed by atoms with Gasteiger partial charge in [0.05, 0.1) is 24.8 Å². The molecule has 1 atom stereocenters. The van der Waals surface area contributed by atoms with Gasteiger partial charge in [-0.2, -0.15) is 0 Å². The third-order valence-electron chi connectivity index (χ3n) is 5.27. The molecule has 1 unspecified atom stereocenters. The van der Waals surface area contributed by atoms with Gasteiger partial charge < -0.3 is 9.64 Å². The van der Waals surface area contributed by atoms with Gasteiger partial charge in [-0.25, -0.2) is 9.29 Å². The molecule has 2 heterocycles. The summed E-state index contributed by atoms with van der Waals surface area (Å²) in [4.78, 5) is 45.7. The number of benzene rings is 2. The number of imide groups is 1. The van der Waals surface area contributed by atoms with E-state index in [0.717, 1.165) is 4.90 Å². The van der Waals surface area contributed by atoms with Crippen molar-refractivity contribution in [1.82, 2.24) is 9.88 Å². The molecule has 0 bridgehead atoms. The maximum absolute atomic E-state index is 14.4. The summed E-state index contributed by atoms with van der Waals surface area (Å²) in [6.45, 7) is 0.00114. The van der Waals surface area contributed by atoms with Crippen molar-refractivity contribution >= 4 is 23.4 Å². The van der Waals surface area contributed by atoms with Crippen LogP contribution in [0.15, 0.2) is 73.1 Å². The number of methoxy groups -OCH3 is 1. The first-order valence-corrected chi connectivity index (χ1v) is 9.95. The molecule has 8 heteroatoms. The van der Waals surface area contributed by atoms with Crippen LogP contribution >= 0.6 is 0 Å². The highest BCUT2D eigenvalue weighted by atomic mass is 19.1. The Bertz CT molecular complexity index is 1150. The fourth-order valence-electron chi connectivity index (χ4n) is 3.66. The van der Waals surface area contributed by atoms with Crippen molar-refractivity contribution in [2.24, 2.45) is 0 Å². The van der Waals surface area contributed by atoms with Crippen LogP contribution in [0.25, 0.3) is 0 Å². The average molecular weight is 433 g/mol. The third kappa shape index (κ3) is 4.07. The van der Waals surface area contributed by atoms with Crippen molar-refractivity contribution in [3.63, 3.8) is 0 Å². The summed E-state index contributed by atoms with van der Waals surface area (Å²) in [5.41, 5.74) is 0.864. The summed E-state index contributed by atoms with van der Waals surface area (Å²) in [7, 11) is 1.52. The van der Waals surface area contributed by atoms with Crippen molar-refractivity contribution in [1.29, 1.82) is 0 Å². The molecule has 1 aliphatic heterocycles. The summed E-state index contributed by atoms with van der Waals surface area (Å²) in [6, 6.07) is 14.4. The van der Waals surface area contributed by atoms with Gasteiger partial charge in [0.25, 0.3) is 11.8 Å². The Morgan fingerprint density at radius 1 is 1.12 bits per heavy atom. The molecule has 4 rings (SSSR count). The van der Waals surface area contributed by atoms with Gasteiger partial charge in [0.2, 0.25) is 5.91 Å². The Morgan fingerprint density at radius 2 is 1.88 bits per heavy atom. The van der Waals surface area contributed by atoms with Gasteiger partial charge in [0.1, 0.15) is 17.6 Å². The number of hydrogen-bond donors (Lipinski definition) is 0. The van der Waals surface area contributed by atoms with Crippen molar-refractivity contribution in [3.8, 4) is 5.75 Å². The first kappa shape index (κ1) is 21.2. The molecule has 0 saturated carbocycles. The lowest BCUT2D eigenvalue weighted by atomic mass is 10.1. The molecule has 0 N–H and O–H groups in total. The quantitative estimate of drug-likeness (QED) is 0.558. The Morgan fingerprint density at radius 3 is 2.53 bits per heavy atom. The van der Waals surface area contributed by atoms with E-state index in [2.05, 4.69) is 4.98 Å². The number of aromatic nitrogens is 1. The molecule has 0 aliphatic carbocycles. The monoisotopic (exact) mass is 433 g/mol. The number of halogens is 1. The number of nitrogens with zero attached hydrogens (tertiary/aromatic N) is 3. The van der Waals surface area contributed by atoms with E-state index in [1.54, 1.807) is 54.9 Å². The second-order valence-corrected chi connectivity index (χ2v) is 7.26. The van der Waals surface area contributed by atoms with Crippen LogP contribution in [0.1, 0.15) is 22.3 Å². The van der Waals surface area contributed by atoms with E-state index >= 15 is 0 Å². The smallest absolute Gasteiger partial charge is 0.257 e. The summed E-state index contributed by atoms with van der Waals surface area (Å²) >= 11 is 0. The molecule has 32 heavy (non-hydrogen) atoms. The minimum absolute atomic E-state index is 0.00114. The SMILES string of the molecule is COc1ccc(N2C(=O)CC(N(Cc3cccnc3)C(=O)c3ccccc3F)C2=O)cc1. The Kier molecular flexibility index (Phi) is 5.93. The van der Waals surface area contributed by atoms with Crippen molar-refractivity contribution < 1.29 is 23.5 Å². The van der Waals surface area contributed by atoms with Crippen LogP contribution in [0.4, 0.5) is 10.1 Å². The van der Waals surface area contributed by atoms with Crippen LogP contribution in [0.5, 0.6) is 5.75 Å². The molecule has 1 aromatic heterocycles. The molecular formula is C24H20FN3O4. The predicted molar refractivity (Wildman–Crippen MR) is 114 cm³/mol. The minimum Gasteiger partial charge on any atom is -0.497 e. The van der Waals surface area contributed by atoms with Gasteiger partial charge in [0, 0.05) is 18.9 Å². The van der Waals surface area contributed by atoms with E-state index < -0.39 is 29.6 Å². The lowest BCUT2D eigenvalue weighted by molar-refractivity contribution is -0.122. The molecular weight excluding hydrogens is 413 g/mol. The first-order chi connectivity index (χ1) is 15.5. The van der Waals surface area contributed by atoms with Gasteiger partial charge in [0.15, 0.2) is 0 Å². The summed E-state index contributed by atoms with van der Waals surface area (Å²) in [5, 5.41) is 0. The van der Waals surface area contributed by atoms with Crippen LogP contribution < -0.4 is 9.64 Å². The molecule has 7 nitrogen and oxygen atoms in total. The minimum atomic E-state index is -1.07. The number of ether oxygens (including phenoxy) is 1. The van der Waals surface area contributed by atoms with Gasteiger partial charge >= 0.3 is 0 Å². The largest absolute Gasteiger partial charge is 0.497 e. The molecule has 1 aliphatic rings. The van der Waals surface area contributed by atoms with E-state index in [1.165, 1.54) is 30.2 Å². The van der Waals surface area contributed by atoms with Crippen LogP contribution in [0, 0.1) is 5.82 Å². The second-order valence-electron chi connectivity index (χ2n) is 7.26. The maximum atomic E-state index is 14.4. The molecule has 162 valence electrons. The molecule has 0 spiro atoms. The van der Waals surface area contributed by atoms with E-state index in [4.69, 9.17) is 4.74 Å². The fourth-order valence-corrected chi connectivity index (χ4v) is 3.66. The van der Waals surface area contributed by atoms with Gasteiger partial charge in [-0.1, -0.05) is 18.2 Å². The highest BCUT2D eigenvalue weighted by Crippen LogP contribution is 2.29. The van der Waals surface area contributed by atoms with Crippen molar-refractivity contribution in [2.75, 3.05) is 12.0 Å². The van der Waals surface area contributed by atoms with Crippen LogP contribution in [0.2, 0.25) is 0 Å². The Balaban J connectivity index is 1.68. The van der Waals surface area contributed by atoms with E-state index in [9.17, 15) is 18.8 Å². The Hall–Kier alpha value is -4.07. The topological polar surface area (TPSA) is 79.8 Å². The van der Waals surface area contributed by atoms with Gasteiger partial charge in [-0.15, -0.1) is 0 Å². The van der Waals surface area contributed by atoms with E-state index in [-0.39, 0.29) is 18.5 Å². The molecule has 3 aromatic rings. The zero-order chi connectivity index (χ0) is 22.7. The van der Waals surface area contributed by atoms with Crippen LogP contribution in [-0.2, 0) is 16.1 Å². The predicted octanol–water partition coefficient (Wildman–Crippen LogP) is 3.20. The third-order valence-corrected chi connectivity index (χ3v) is 5.27. The van der Waals surface area contributed by atoms with Gasteiger partial charge in [-0.05, 0) is 48.0 Å². The maximum Gasteiger partial charge on any atom is 0.257 e. The first-order valence-electron chi connectivity index (χ1n) is 9.95. The van der Waals surface area contributed by atoms with E-state index in [0.29, 0.717) is 17.0 Å². The van der Waals surface area contributed by atoms with Crippen LogP contribution in [-0.4, -0.2) is 40.8 Å². The number of hydrogen-bond acceptors (Lipinski definition) is 5. The molecule has 2 aromatic carbocycles. The van der Waals surface area contributed by atoms with Crippen molar-refractivity contribution in [2.45, 2.75) is 19.0 Å². The van der Waals surface area contributed by atoms with Crippen LogP contribution in [0.3, 0.4) is 0 Å². The lowest BCUT2D eigenvalue weighted by Crippen LogP contribution is -2.45. The van der Waals surface area contributed by atoms with E-state index in [1.807, 2.05) is 0 Å². The highest BCUT2D eigenvalue weighted by Gasteiger charge is 2.44. The average Bonchev–Trinajstić information content (AvgIpc) is 3.11. The number of carbonyl (C=O) groups is 3. The second kappa shape index (κ2) is 8.97. The lowest BCUT2D eigenvalue weighted by Gasteiger charge is -2.28. The number of anilines is 1. The van der Waals surface area contributed by atoms with Gasteiger partial charge in [-0.3, -0.25) is 19.4 Å². The number of carbonyl (C=O) groups excluding carboxylic acids is 3. The number of pyridine rings is 1. The molecule has 1 fully saturated rings. The highest BCUT2D eigenvalue weighted by molar-refractivity contribution is 6.23. The summed E-state index contributed by atoms with van der Waals surface area (Å²) < 4.78 is 19.5. The zero-order valence-corrected chi connectivity index (χ0v) is 17.3. The standard InChI is InChI=1S/C24H20FN3O4/c1-32-18-10-8-17(9-11-18)28-22(29)13-21(24(28)31)27(15-16-5-4-12-26-14-16)23(30)19-6-2-3-7-20(19)25/h2-12,14,21H,13,15H2,1H3.